The minimum Gasteiger partial charge on any atom is -0.311 e. The Morgan fingerprint density at radius 2 is 2.08 bits per heavy atom. The van der Waals surface area contributed by atoms with Gasteiger partial charge in [-0.25, -0.2) is 5.84 Å². The molecule has 0 aromatic heterocycles. The molecule has 12 heavy (non-hydrogen) atoms. The van der Waals surface area contributed by atoms with E-state index >= 15 is 0 Å². The molecule has 0 radical (unpaired) electrons. The van der Waals surface area contributed by atoms with Crippen LogP contribution in [-0.2, 0) is 4.79 Å². The zero-order chi connectivity index (χ0) is 9.61. The lowest BCUT2D eigenvalue weighted by molar-refractivity contribution is -0.121. The van der Waals surface area contributed by atoms with Crippen LogP contribution < -0.4 is 16.6 Å². The molecule has 0 atom stereocenters. The lowest BCUT2D eigenvalue weighted by atomic mass is 10.0. The van der Waals surface area contributed by atoms with Gasteiger partial charge in [0.25, 0.3) is 0 Å². The quantitative estimate of drug-likeness (QED) is 0.315. The van der Waals surface area contributed by atoms with E-state index in [-0.39, 0.29) is 11.4 Å². The van der Waals surface area contributed by atoms with Crippen molar-refractivity contribution in [3.63, 3.8) is 0 Å². The molecule has 0 rings (SSSR count). The molecule has 0 aliphatic heterocycles. The monoisotopic (exact) mass is 173 g/mol. The van der Waals surface area contributed by atoms with E-state index in [1.54, 1.807) is 0 Å². The number of nitrogens with two attached hydrogens (primary N) is 1. The molecule has 0 fully saturated rings. The summed E-state index contributed by atoms with van der Waals surface area (Å²) < 4.78 is 0. The summed E-state index contributed by atoms with van der Waals surface area (Å²) in [4.78, 5) is 10.7. The van der Waals surface area contributed by atoms with Gasteiger partial charge in [-0.15, -0.1) is 0 Å². The first-order chi connectivity index (χ1) is 5.52. The zero-order valence-corrected chi connectivity index (χ0v) is 8.11. The molecule has 0 saturated carbocycles. The number of amides is 1. The van der Waals surface area contributed by atoms with Crippen molar-refractivity contribution in [2.45, 2.75) is 39.2 Å². The average Bonchev–Trinajstić information content (AvgIpc) is 2.04. The molecule has 0 saturated heterocycles. The molecule has 4 nitrogen and oxygen atoms in total. The van der Waals surface area contributed by atoms with E-state index in [9.17, 15) is 4.79 Å². The highest BCUT2D eigenvalue weighted by Crippen LogP contribution is 2.05. The number of hydrogen-bond donors (Lipinski definition) is 3. The van der Waals surface area contributed by atoms with E-state index in [1.165, 1.54) is 0 Å². The molecule has 72 valence electrons. The summed E-state index contributed by atoms with van der Waals surface area (Å²) >= 11 is 0. The molecular weight excluding hydrogens is 154 g/mol. The van der Waals surface area contributed by atoms with Crippen LogP contribution in [0.2, 0.25) is 0 Å². The van der Waals surface area contributed by atoms with Gasteiger partial charge in [0.05, 0.1) is 0 Å². The van der Waals surface area contributed by atoms with E-state index in [2.05, 4.69) is 31.5 Å². The lowest BCUT2D eigenvalue weighted by Crippen LogP contribution is -2.41. The smallest absolute Gasteiger partial charge is 0.235 e. The van der Waals surface area contributed by atoms with Crippen LogP contribution in [0.4, 0.5) is 0 Å². The molecule has 4 N–H and O–H groups in total. The van der Waals surface area contributed by atoms with Gasteiger partial charge in [0.15, 0.2) is 0 Å². The summed E-state index contributed by atoms with van der Waals surface area (Å²) in [6.45, 7) is 6.99. The van der Waals surface area contributed by atoms with Crippen LogP contribution in [0.5, 0.6) is 0 Å². The molecule has 0 aliphatic carbocycles. The Labute approximate surface area is 73.9 Å². The van der Waals surface area contributed by atoms with E-state index in [0.717, 1.165) is 6.42 Å². The van der Waals surface area contributed by atoms with Gasteiger partial charge in [-0.2, -0.15) is 0 Å². The molecule has 4 heteroatoms. The van der Waals surface area contributed by atoms with Crippen LogP contribution in [-0.4, -0.2) is 18.0 Å². The van der Waals surface area contributed by atoms with E-state index in [0.29, 0.717) is 13.0 Å². The normalized spacial score (nSPS) is 11.3. The van der Waals surface area contributed by atoms with E-state index in [4.69, 9.17) is 5.84 Å². The van der Waals surface area contributed by atoms with Crippen molar-refractivity contribution in [1.29, 1.82) is 0 Å². The maximum Gasteiger partial charge on any atom is 0.235 e. The van der Waals surface area contributed by atoms with Gasteiger partial charge in [0.2, 0.25) is 5.91 Å². The first-order valence-corrected chi connectivity index (χ1v) is 4.26. The molecule has 1 amide bonds. The van der Waals surface area contributed by atoms with E-state index < -0.39 is 0 Å². The predicted molar refractivity (Wildman–Crippen MR) is 49.3 cm³/mol. The number of carbonyl (C=O) groups excluding carboxylic acids is 1. The summed E-state index contributed by atoms with van der Waals surface area (Å²) in [6.07, 6.45) is 1.47. The second kappa shape index (κ2) is 5.11. The standard InChI is InChI=1S/C8H19N3O/c1-4-8(2,3)10-6-5-7(12)11-9/h10H,4-6,9H2,1-3H3,(H,11,12). The SMILES string of the molecule is CCC(C)(C)NCCC(=O)NN. The second-order valence-electron chi connectivity index (χ2n) is 3.48. The van der Waals surface area contributed by atoms with Crippen molar-refractivity contribution < 1.29 is 4.79 Å². The number of hydrazine groups is 1. The molecule has 0 aromatic rings. The van der Waals surface area contributed by atoms with Crippen molar-refractivity contribution in [2.75, 3.05) is 6.54 Å². The molecule has 0 aliphatic rings. The Morgan fingerprint density at radius 1 is 1.50 bits per heavy atom. The average molecular weight is 173 g/mol. The van der Waals surface area contributed by atoms with E-state index in [1.807, 2.05) is 0 Å². The van der Waals surface area contributed by atoms with Crippen LogP contribution in [0.25, 0.3) is 0 Å². The fraction of sp³-hybridized carbons (Fsp3) is 0.875. The topological polar surface area (TPSA) is 67.2 Å². The van der Waals surface area contributed by atoms with Crippen LogP contribution in [0.3, 0.4) is 0 Å². The minimum absolute atomic E-state index is 0.106. The Hall–Kier alpha value is -0.610. The number of carbonyl (C=O) groups is 1. The number of hydrogen-bond acceptors (Lipinski definition) is 3. The van der Waals surface area contributed by atoms with Crippen molar-refractivity contribution in [1.82, 2.24) is 10.7 Å². The summed E-state index contributed by atoms with van der Waals surface area (Å²) in [5.41, 5.74) is 2.20. The molecular formula is C8H19N3O. The van der Waals surface area contributed by atoms with Crippen LogP contribution >= 0.6 is 0 Å². The van der Waals surface area contributed by atoms with Gasteiger partial charge in [0, 0.05) is 18.5 Å². The van der Waals surface area contributed by atoms with Crippen LogP contribution in [0, 0.1) is 0 Å². The third-order valence-electron chi connectivity index (χ3n) is 2.00. The zero-order valence-electron chi connectivity index (χ0n) is 8.11. The van der Waals surface area contributed by atoms with Crippen molar-refractivity contribution in [2.24, 2.45) is 5.84 Å². The maximum absolute atomic E-state index is 10.7. The summed E-state index contributed by atoms with van der Waals surface area (Å²) in [7, 11) is 0. The highest BCUT2D eigenvalue weighted by Gasteiger charge is 2.13. The van der Waals surface area contributed by atoms with Gasteiger partial charge in [0.1, 0.15) is 0 Å². The van der Waals surface area contributed by atoms with Gasteiger partial charge in [-0.1, -0.05) is 6.92 Å². The Bertz CT molecular complexity index is 145. The summed E-state index contributed by atoms with van der Waals surface area (Å²) in [5.74, 6) is 4.80. The number of nitrogens with one attached hydrogen (secondary N) is 2. The van der Waals surface area contributed by atoms with Gasteiger partial charge in [-0.05, 0) is 20.3 Å². The van der Waals surface area contributed by atoms with Crippen LogP contribution in [0.1, 0.15) is 33.6 Å². The summed E-state index contributed by atoms with van der Waals surface area (Å²) in [6, 6.07) is 0. The highest BCUT2D eigenvalue weighted by atomic mass is 16.2. The van der Waals surface area contributed by atoms with Crippen molar-refractivity contribution in [3.05, 3.63) is 0 Å². The fourth-order valence-electron chi connectivity index (χ4n) is 0.712. The first kappa shape index (κ1) is 11.4. The summed E-state index contributed by atoms with van der Waals surface area (Å²) in [5, 5.41) is 3.26. The highest BCUT2D eigenvalue weighted by molar-refractivity contribution is 5.75. The van der Waals surface area contributed by atoms with Crippen LogP contribution in [0.15, 0.2) is 0 Å². The molecule has 0 spiro atoms. The Kier molecular flexibility index (Phi) is 4.85. The van der Waals surface area contributed by atoms with Crippen molar-refractivity contribution >= 4 is 5.91 Å². The minimum atomic E-state index is -0.130. The predicted octanol–water partition coefficient (Wildman–Crippen LogP) is 0.145. The molecule has 0 aromatic carbocycles. The molecule has 0 unspecified atom stereocenters. The fourth-order valence-corrected chi connectivity index (χ4v) is 0.712. The Balaban J connectivity index is 3.49. The van der Waals surface area contributed by atoms with Gasteiger partial charge < -0.3 is 5.32 Å². The molecule has 0 heterocycles. The largest absolute Gasteiger partial charge is 0.311 e. The third kappa shape index (κ3) is 5.09. The lowest BCUT2D eigenvalue weighted by Gasteiger charge is -2.24. The van der Waals surface area contributed by atoms with Crippen molar-refractivity contribution in [3.8, 4) is 0 Å². The van der Waals surface area contributed by atoms with Gasteiger partial charge in [-0.3, -0.25) is 10.2 Å². The Morgan fingerprint density at radius 3 is 2.50 bits per heavy atom. The first-order valence-electron chi connectivity index (χ1n) is 4.26. The number of rotatable bonds is 5. The molecule has 0 bridgehead atoms. The second-order valence-corrected chi connectivity index (χ2v) is 3.48. The van der Waals surface area contributed by atoms with Gasteiger partial charge >= 0.3 is 0 Å². The third-order valence-corrected chi connectivity index (χ3v) is 2.00. The maximum atomic E-state index is 10.7.